The van der Waals surface area contributed by atoms with Gasteiger partial charge in [0.25, 0.3) is 11.8 Å². The lowest BCUT2D eigenvalue weighted by Gasteiger charge is -2.18. The molecule has 7 heteroatoms. The Labute approximate surface area is 160 Å². The highest BCUT2D eigenvalue weighted by atomic mass is 32.2. The number of thiophene rings is 1. The van der Waals surface area contributed by atoms with Crippen molar-refractivity contribution in [3.63, 3.8) is 0 Å². The molecule has 0 saturated carbocycles. The number of amides is 2. The molecule has 1 aromatic carbocycles. The molecule has 2 N–H and O–H groups in total. The molecule has 1 aliphatic rings. The first kappa shape index (κ1) is 18.5. The zero-order valence-corrected chi connectivity index (χ0v) is 16.0. The number of para-hydroxylation sites is 1. The molecular weight excluding hydrogens is 368 g/mol. The molecule has 0 aliphatic carbocycles. The van der Waals surface area contributed by atoms with Crippen LogP contribution in [-0.4, -0.2) is 30.7 Å². The summed E-state index contributed by atoms with van der Waals surface area (Å²) in [5, 5.41) is 7.77. The molecule has 1 aliphatic heterocycles. The van der Waals surface area contributed by atoms with Gasteiger partial charge in [-0.15, -0.1) is 23.1 Å². The minimum atomic E-state index is -0.244. The van der Waals surface area contributed by atoms with Gasteiger partial charge in [0.05, 0.1) is 17.9 Å². The van der Waals surface area contributed by atoms with Crippen LogP contribution in [0.4, 0.5) is 5.69 Å². The van der Waals surface area contributed by atoms with Gasteiger partial charge in [0, 0.05) is 17.2 Å². The summed E-state index contributed by atoms with van der Waals surface area (Å²) in [5.41, 5.74) is 0.949. The minimum absolute atomic E-state index is 0.198. The first-order chi connectivity index (χ1) is 12.6. The Kier molecular flexibility index (Phi) is 6.35. The first-order valence-corrected chi connectivity index (χ1v) is 10.2. The van der Waals surface area contributed by atoms with Crippen molar-refractivity contribution in [3.05, 3.63) is 62.9 Å². The van der Waals surface area contributed by atoms with E-state index in [1.165, 1.54) is 16.6 Å². The number of thioether (sulfide) groups is 1. The zero-order chi connectivity index (χ0) is 18.4. The van der Waals surface area contributed by atoms with Crippen molar-refractivity contribution in [2.75, 3.05) is 24.2 Å². The van der Waals surface area contributed by atoms with Gasteiger partial charge in [0.2, 0.25) is 0 Å². The summed E-state index contributed by atoms with van der Waals surface area (Å²) < 4.78 is 5.44. The lowest BCUT2D eigenvalue weighted by molar-refractivity contribution is -0.112. The van der Waals surface area contributed by atoms with Crippen molar-refractivity contribution in [1.82, 2.24) is 5.32 Å². The number of ether oxygens (including phenoxy) is 1. The second kappa shape index (κ2) is 8.91. The smallest absolute Gasteiger partial charge is 0.265 e. The van der Waals surface area contributed by atoms with E-state index in [0.29, 0.717) is 35.1 Å². The first-order valence-electron chi connectivity index (χ1n) is 8.32. The molecule has 0 spiro atoms. The number of carbonyl (C=O) groups is 2. The number of benzene rings is 1. The number of hydrogen-bond donors (Lipinski definition) is 2. The number of carbonyl (C=O) groups excluding carboxylic acids is 2. The SMILES string of the molecule is CC1=C(C(=O)Nc2ccccc2C(=O)NCCc2cccs2)SCCO1. The monoisotopic (exact) mass is 388 g/mol. The van der Waals surface area contributed by atoms with Gasteiger partial charge < -0.3 is 15.4 Å². The maximum absolute atomic E-state index is 12.5. The van der Waals surface area contributed by atoms with Crippen LogP contribution in [0.1, 0.15) is 22.2 Å². The number of hydrogen-bond acceptors (Lipinski definition) is 5. The average Bonchev–Trinajstić information content (AvgIpc) is 3.16. The minimum Gasteiger partial charge on any atom is -0.496 e. The summed E-state index contributed by atoms with van der Waals surface area (Å²) in [6.07, 6.45) is 0.790. The molecule has 0 bridgehead atoms. The molecule has 3 rings (SSSR count). The molecule has 1 aromatic heterocycles. The van der Waals surface area contributed by atoms with Crippen LogP contribution in [0.5, 0.6) is 0 Å². The van der Waals surface area contributed by atoms with Crippen molar-refractivity contribution in [3.8, 4) is 0 Å². The van der Waals surface area contributed by atoms with E-state index in [9.17, 15) is 9.59 Å². The number of nitrogens with one attached hydrogen (secondary N) is 2. The summed E-state index contributed by atoms with van der Waals surface area (Å²) in [5.74, 6) is 0.920. The maximum Gasteiger partial charge on any atom is 0.265 e. The Bertz CT molecular complexity index is 816. The van der Waals surface area contributed by atoms with E-state index in [1.54, 1.807) is 42.5 Å². The van der Waals surface area contributed by atoms with Crippen molar-refractivity contribution >= 4 is 40.6 Å². The van der Waals surface area contributed by atoms with Gasteiger partial charge in [-0.2, -0.15) is 0 Å². The molecule has 2 amide bonds. The highest BCUT2D eigenvalue weighted by molar-refractivity contribution is 8.04. The van der Waals surface area contributed by atoms with Gasteiger partial charge in [0.1, 0.15) is 10.7 Å². The molecule has 0 saturated heterocycles. The Morgan fingerprint density at radius 2 is 2.00 bits per heavy atom. The Balaban J connectivity index is 1.65. The summed E-state index contributed by atoms with van der Waals surface area (Å²) >= 11 is 3.14. The van der Waals surface area contributed by atoms with Crippen LogP contribution in [0.25, 0.3) is 0 Å². The lowest BCUT2D eigenvalue weighted by atomic mass is 10.1. The van der Waals surface area contributed by atoms with Gasteiger partial charge in [-0.1, -0.05) is 18.2 Å². The second-order valence-corrected chi connectivity index (χ2v) is 7.80. The zero-order valence-electron chi connectivity index (χ0n) is 14.4. The van der Waals surface area contributed by atoms with Crippen molar-refractivity contribution in [2.45, 2.75) is 13.3 Å². The Morgan fingerprint density at radius 1 is 1.15 bits per heavy atom. The van der Waals surface area contributed by atoms with Gasteiger partial charge in [-0.05, 0) is 36.9 Å². The van der Waals surface area contributed by atoms with Crippen LogP contribution in [0.3, 0.4) is 0 Å². The van der Waals surface area contributed by atoms with Gasteiger partial charge in [-0.25, -0.2) is 0 Å². The fourth-order valence-corrected chi connectivity index (χ4v) is 4.07. The van der Waals surface area contributed by atoms with E-state index in [-0.39, 0.29) is 11.8 Å². The van der Waals surface area contributed by atoms with Gasteiger partial charge in [-0.3, -0.25) is 9.59 Å². The second-order valence-electron chi connectivity index (χ2n) is 5.67. The van der Waals surface area contributed by atoms with Crippen LogP contribution < -0.4 is 10.6 Å². The van der Waals surface area contributed by atoms with Crippen LogP contribution >= 0.6 is 23.1 Å². The summed E-state index contributed by atoms with van der Waals surface area (Å²) in [6.45, 7) is 2.94. The molecule has 5 nitrogen and oxygen atoms in total. The molecule has 0 atom stereocenters. The summed E-state index contributed by atoms with van der Waals surface area (Å²) in [4.78, 5) is 26.8. The van der Waals surface area contributed by atoms with Crippen molar-refractivity contribution in [2.24, 2.45) is 0 Å². The normalized spacial score (nSPS) is 13.9. The molecule has 2 aromatic rings. The van der Waals surface area contributed by atoms with Crippen molar-refractivity contribution < 1.29 is 14.3 Å². The van der Waals surface area contributed by atoms with E-state index in [4.69, 9.17) is 4.74 Å². The van der Waals surface area contributed by atoms with Crippen LogP contribution in [-0.2, 0) is 16.0 Å². The molecule has 0 radical (unpaired) electrons. The molecule has 136 valence electrons. The highest BCUT2D eigenvalue weighted by Gasteiger charge is 2.20. The summed E-state index contributed by atoms with van der Waals surface area (Å²) in [6, 6.07) is 11.1. The Morgan fingerprint density at radius 3 is 2.77 bits per heavy atom. The molecular formula is C19H20N2O3S2. The van der Waals surface area contributed by atoms with Crippen molar-refractivity contribution in [1.29, 1.82) is 0 Å². The number of allylic oxidation sites excluding steroid dienone is 1. The molecule has 26 heavy (non-hydrogen) atoms. The van der Waals surface area contributed by atoms with Gasteiger partial charge in [0.15, 0.2) is 0 Å². The summed E-state index contributed by atoms with van der Waals surface area (Å²) in [7, 11) is 0. The number of rotatable bonds is 6. The van der Waals surface area contributed by atoms with E-state index in [2.05, 4.69) is 10.6 Å². The largest absolute Gasteiger partial charge is 0.496 e. The van der Waals surface area contributed by atoms with Crippen LogP contribution in [0, 0.1) is 0 Å². The van der Waals surface area contributed by atoms with Gasteiger partial charge >= 0.3 is 0 Å². The maximum atomic E-state index is 12.5. The fourth-order valence-electron chi connectivity index (χ4n) is 2.55. The lowest BCUT2D eigenvalue weighted by Crippen LogP contribution is -2.27. The molecule has 0 fully saturated rings. The molecule has 0 unspecified atom stereocenters. The Hall–Kier alpha value is -2.25. The van der Waals surface area contributed by atoms with E-state index >= 15 is 0 Å². The average molecular weight is 389 g/mol. The number of anilines is 1. The standard InChI is InChI=1S/C19H20N2O3S2/c1-13-17(26-12-10-24-13)19(23)21-16-7-3-2-6-15(16)18(22)20-9-8-14-5-4-11-25-14/h2-7,11H,8-10,12H2,1H3,(H,20,22)(H,21,23). The third-order valence-electron chi connectivity index (χ3n) is 3.83. The predicted octanol–water partition coefficient (Wildman–Crippen LogP) is 3.65. The quantitative estimate of drug-likeness (QED) is 0.793. The van der Waals surface area contributed by atoms with Crippen LogP contribution in [0.2, 0.25) is 0 Å². The fraction of sp³-hybridized carbons (Fsp3) is 0.263. The predicted molar refractivity (Wildman–Crippen MR) is 107 cm³/mol. The van der Waals surface area contributed by atoms with Crippen LogP contribution in [0.15, 0.2) is 52.4 Å². The van der Waals surface area contributed by atoms with E-state index in [0.717, 1.165) is 12.2 Å². The van der Waals surface area contributed by atoms with E-state index < -0.39 is 0 Å². The third kappa shape index (κ3) is 4.68. The third-order valence-corrected chi connectivity index (χ3v) is 5.90. The topological polar surface area (TPSA) is 67.4 Å². The highest BCUT2D eigenvalue weighted by Crippen LogP contribution is 2.27. The molecule has 2 heterocycles. The van der Waals surface area contributed by atoms with E-state index in [1.807, 2.05) is 17.5 Å².